The molecule has 26 heavy (non-hydrogen) atoms. The first-order valence-electron chi connectivity index (χ1n) is 7.14. The maximum Gasteiger partial charge on any atom is 2.00 e. The van der Waals surface area contributed by atoms with E-state index in [4.69, 9.17) is 10.2 Å². The molecule has 2 rings (SSSR count). The smallest absolute Gasteiger partial charge is 1.00 e. The fraction of sp³-hybridized carbons (Fsp3) is 0.250. The van der Waals surface area contributed by atoms with Gasteiger partial charge in [0.2, 0.25) is 0 Å². The van der Waals surface area contributed by atoms with Crippen LogP contribution in [0.4, 0.5) is 5.88 Å². The van der Waals surface area contributed by atoms with Crippen molar-refractivity contribution in [2.75, 3.05) is 0 Å². The third kappa shape index (κ3) is 10.8. The topological polar surface area (TPSA) is 107 Å². The van der Waals surface area contributed by atoms with Crippen LogP contribution < -0.4 is 18.1 Å². The van der Waals surface area contributed by atoms with Gasteiger partial charge in [-0.1, -0.05) is 20.8 Å². The molecule has 7 nitrogen and oxygen atoms in total. The van der Waals surface area contributed by atoms with Gasteiger partial charge in [-0.05, 0) is 54.7 Å². The van der Waals surface area contributed by atoms with Crippen molar-refractivity contribution in [1.29, 1.82) is 0 Å². The summed E-state index contributed by atoms with van der Waals surface area (Å²) in [6.07, 6.45) is 9.89. The van der Waals surface area contributed by atoms with E-state index in [1.165, 1.54) is 30.2 Å². The summed E-state index contributed by atoms with van der Waals surface area (Å²) in [5.41, 5.74) is 5.02. The minimum absolute atomic E-state index is 0. The van der Waals surface area contributed by atoms with Crippen LogP contribution in [0.2, 0.25) is 0 Å². The molecular weight excluding hydrogens is 465 g/mol. The number of nitro groups is 1. The maximum atomic E-state index is 10.2. The van der Waals surface area contributed by atoms with Crippen LogP contribution >= 0.6 is 0 Å². The van der Waals surface area contributed by atoms with E-state index in [0.717, 1.165) is 0 Å². The van der Waals surface area contributed by atoms with Gasteiger partial charge in [0.05, 0.1) is 12.3 Å². The van der Waals surface area contributed by atoms with Gasteiger partial charge in [-0.3, -0.25) is 10.1 Å². The van der Waals surface area contributed by atoms with E-state index in [0.29, 0.717) is 5.92 Å². The number of nitrogens with zero attached hydrogens (tertiary/aromatic N) is 3. The molecule has 10 heteroatoms. The van der Waals surface area contributed by atoms with Gasteiger partial charge >= 0.3 is 25.4 Å². The predicted octanol–water partition coefficient (Wildman–Crippen LogP) is 0.0268. The molecule has 0 saturated heterocycles. The van der Waals surface area contributed by atoms with E-state index in [-0.39, 0.29) is 48.7 Å². The second-order valence-corrected chi connectivity index (χ2v) is 5.60. The Bertz CT molecular complexity index is 584. The second-order valence-electron chi connectivity index (χ2n) is 5.18. The number of amidine groups is 1. The normalized spacial score (nSPS) is 15.8. The fourth-order valence-electron chi connectivity index (χ4n) is 1.60. The Balaban J connectivity index is 0. The summed E-state index contributed by atoms with van der Waals surface area (Å²) in [6, 6.07) is 2.60. The third-order valence-corrected chi connectivity index (χ3v) is 2.96. The van der Waals surface area contributed by atoms with Crippen LogP contribution in [0.15, 0.2) is 26.8 Å². The largest absolute Gasteiger partial charge is 2.00 e. The fourth-order valence-corrected chi connectivity index (χ4v) is 1.65. The Labute approximate surface area is 179 Å². The molecule has 2 N–H and O–H groups in total. The summed E-state index contributed by atoms with van der Waals surface area (Å²) in [4.78, 5) is 9.55. The van der Waals surface area contributed by atoms with Gasteiger partial charge in [-0.25, -0.2) is 0 Å². The Kier molecular flexibility index (Phi) is 14.7. The van der Waals surface area contributed by atoms with Crippen molar-refractivity contribution in [3.8, 4) is 0 Å². The van der Waals surface area contributed by atoms with Crippen LogP contribution in [0.1, 0.15) is 26.5 Å². The van der Waals surface area contributed by atoms with Crippen LogP contribution in [0.3, 0.4) is 0 Å². The predicted molar refractivity (Wildman–Crippen MR) is 96.1 cm³/mol. The minimum Gasteiger partial charge on any atom is -1.00 e. The van der Waals surface area contributed by atoms with E-state index in [1.54, 1.807) is 0 Å². The Morgan fingerprint density at radius 3 is 2.31 bits per heavy atom. The molecule has 0 aromatic carbocycles. The first-order chi connectivity index (χ1) is 11.3. The minimum atomic E-state index is -0.651. The van der Waals surface area contributed by atoms with Gasteiger partial charge in [0, 0.05) is 0 Å². The summed E-state index contributed by atoms with van der Waals surface area (Å²) in [5, 5.41) is 16.8. The van der Waals surface area contributed by atoms with E-state index in [2.05, 4.69) is 69.3 Å². The average Bonchev–Trinajstić information content (AvgIpc) is 2.97. The molecule has 0 amide bonds. The van der Waals surface area contributed by atoms with Crippen LogP contribution in [0.25, 0.3) is 0 Å². The van der Waals surface area contributed by atoms with Gasteiger partial charge in [0.25, 0.3) is 0 Å². The van der Waals surface area contributed by atoms with Crippen molar-refractivity contribution in [2.45, 2.75) is 20.8 Å². The Morgan fingerprint density at radius 1 is 1.31 bits per heavy atom. The number of nitrogens with two attached hydrogens (primary N) is 1. The van der Waals surface area contributed by atoms with Crippen LogP contribution in [0, 0.1) is 53.6 Å². The van der Waals surface area contributed by atoms with Crippen molar-refractivity contribution < 1.29 is 41.2 Å². The molecule has 1 heterocycles. The molecule has 1 saturated carbocycles. The Hall–Kier alpha value is -1.05. The number of halogens is 1. The molecule has 0 aliphatic heterocycles. The maximum absolute atomic E-state index is 10.2. The molecule has 1 fully saturated rings. The summed E-state index contributed by atoms with van der Waals surface area (Å²) < 4.78 is 4.73. The summed E-state index contributed by atoms with van der Waals surface area (Å²) in [7, 11) is 0. The molecule has 0 atom stereocenters. The molecule has 6 radical (unpaired) electrons. The van der Waals surface area contributed by atoms with E-state index < -0.39 is 4.92 Å². The van der Waals surface area contributed by atoms with E-state index in [1.807, 2.05) is 0 Å². The number of hydrogen-bond donors (Lipinski definition) is 1. The molecular formula is C16H19ClN4O3RuS. The van der Waals surface area contributed by atoms with Gasteiger partial charge < -0.3 is 35.2 Å². The summed E-state index contributed by atoms with van der Waals surface area (Å²) >= 11 is 4.42. The van der Waals surface area contributed by atoms with E-state index in [9.17, 15) is 10.1 Å². The molecule has 0 bridgehead atoms. The molecule has 0 unspecified atom stereocenters. The zero-order valence-corrected chi connectivity index (χ0v) is 17.7. The molecule has 1 aliphatic carbocycles. The van der Waals surface area contributed by atoms with Crippen LogP contribution in [-0.2, 0) is 32.1 Å². The van der Waals surface area contributed by atoms with E-state index >= 15 is 0 Å². The monoisotopic (exact) mass is 484 g/mol. The first kappa shape index (κ1) is 27.2. The number of hydrogen-bond acceptors (Lipinski definition) is 6. The first-order valence-corrected chi connectivity index (χ1v) is 7.54. The summed E-state index contributed by atoms with van der Waals surface area (Å²) in [5.74, 6) is 3.26. The number of rotatable bonds is 4. The quantitative estimate of drug-likeness (QED) is 0.162. The molecule has 1 aromatic rings. The molecule has 0 spiro atoms. The van der Waals surface area contributed by atoms with Gasteiger partial charge in [0.15, 0.2) is 5.76 Å². The van der Waals surface area contributed by atoms with Gasteiger partial charge in [-0.2, -0.15) is 10.2 Å². The van der Waals surface area contributed by atoms with Crippen molar-refractivity contribution in [3.63, 3.8) is 0 Å². The molecule has 1 aliphatic rings. The summed E-state index contributed by atoms with van der Waals surface area (Å²) in [6.45, 7) is 6.54. The zero-order valence-electron chi connectivity index (χ0n) is 14.4. The molecule has 1 aromatic heterocycles. The van der Waals surface area contributed by atoms with Crippen LogP contribution in [0.5, 0.6) is 0 Å². The average molecular weight is 484 g/mol. The third-order valence-electron chi connectivity index (χ3n) is 2.88. The van der Waals surface area contributed by atoms with Crippen molar-refractivity contribution in [2.24, 2.45) is 21.9 Å². The number of furan rings is 1. The van der Waals surface area contributed by atoms with Crippen molar-refractivity contribution in [3.05, 3.63) is 65.5 Å². The second kappa shape index (κ2) is 14.1. The van der Waals surface area contributed by atoms with Crippen LogP contribution in [-0.4, -0.2) is 16.3 Å². The van der Waals surface area contributed by atoms with Gasteiger partial charge in [0.1, 0.15) is 4.92 Å². The standard InChI is InChI=1S/C10H14.C6H6N4O3S.ClH.Ru/c1-8(2)10-6-4-9(3)5-7-10;7-6(14)9-8-3-4-1-2-5(13-4)10(11)12;;/h4-8H,1-3H3;1-3H,(H3,7,9,14);1H;/q;;;+2/p-2/b;8-3+;;. The van der Waals surface area contributed by atoms with Gasteiger partial charge in [-0.15, -0.1) is 0 Å². The molecule has 142 valence electrons. The van der Waals surface area contributed by atoms with Crippen molar-refractivity contribution in [1.82, 2.24) is 0 Å². The Morgan fingerprint density at radius 2 is 1.88 bits per heavy atom. The SMILES string of the molecule is C[C]1[CH][CH][C](C(C)C)[CH][CH]1.N/C([S-])=N/N=C/c1ccc([N+](=O)[O-])o1.[Cl-].[Ru+2]. The zero-order chi connectivity index (χ0) is 18.1. The van der Waals surface area contributed by atoms with Crippen molar-refractivity contribution >= 4 is 29.9 Å².